The van der Waals surface area contributed by atoms with Gasteiger partial charge in [0, 0.05) is 37.3 Å². The Bertz CT molecular complexity index is 1670. The minimum atomic E-state index is -4.24. The molecule has 19 heteroatoms. The fourth-order valence-corrected chi connectivity index (χ4v) is 11.2. The number of ketones is 1. The van der Waals surface area contributed by atoms with Crippen LogP contribution in [0.3, 0.4) is 0 Å². The summed E-state index contributed by atoms with van der Waals surface area (Å²) in [7, 11) is 0.934. The Labute approximate surface area is 433 Å². The number of methoxy groups -OCH3 is 1. The second kappa shape index (κ2) is 31.1. The summed E-state index contributed by atoms with van der Waals surface area (Å²) in [6.07, 6.45) is 7.87. The van der Waals surface area contributed by atoms with Crippen LogP contribution in [0.1, 0.15) is 192 Å². The third-order valence-corrected chi connectivity index (χ3v) is 16.0. The lowest BCUT2D eigenvalue weighted by atomic mass is 9.74. The van der Waals surface area contributed by atoms with E-state index in [9.17, 15) is 43.5 Å². The second-order valence-corrected chi connectivity index (χ2v) is 23.4. The standard InChI is InChI=1S/C37H67NO13.C16H34O4S/c1-14-25-37(10,45)30(41)20(4)27(39)18(2)16-35(8,44)32(51-34-28(40)24(38(11)12)15-19(3)47-34)21(5)29(22(6)33(43)49-25)50-26-17-36(9,46-13)31(42)23(7)48-26;1-2-3-4-5-6-7-8-9-10-11-12-13-14-15-16-20-21(17,18)19/h18-26,28-32,34,40-42,44-45H,14-17H2,1-13H3;2-16H2,1H3,(H,17,18,19)/t18-,19-,20+,21+,22-,23+,24+,25-,26+,28-,29+,30-,31+,32-,34+,35-,36-,37-;/m1./s1. The number of cyclic esters (lactones) is 1. The van der Waals surface area contributed by atoms with E-state index in [0.29, 0.717) is 12.8 Å². The maximum Gasteiger partial charge on any atom is 0.397 e. The highest BCUT2D eigenvalue weighted by Gasteiger charge is 2.53. The molecular weight excluding hydrogens is 955 g/mol. The van der Waals surface area contributed by atoms with Gasteiger partial charge in [0.05, 0.1) is 54.2 Å². The number of likely N-dealkylation sites (N-methyl/N-ethyl adjacent to an activating group) is 1. The zero-order valence-corrected chi connectivity index (χ0v) is 47.4. The maximum absolute atomic E-state index is 14.1. The SMILES string of the molecule is CCCCCCCCCCCCCCCCOS(=O)(=O)O.CC[C@H]1OC(=O)[C@H](C)[C@@H](O[C@H]2C[C@@](C)(OC)[C@@H](O)[C@H](C)O2)[C@H](C)[C@@H](O[C@@H]2O[C@H](C)C[C@H](N(C)C)[C@H]2O)[C@](C)(O)C[C@@H](C)C(=O)[C@H](C)[C@@H](O)[C@]1(C)O. The van der Waals surface area contributed by atoms with Crippen molar-refractivity contribution in [3.63, 3.8) is 0 Å². The van der Waals surface area contributed by atoms with E-state index in [1.165, 1.54) is 98.5 Å². The molecule has 0 radical (unpaired) electrons. The molecule has 426 valence electrons. The first-order valence-electron chi connectivity index (χ1n) is 27.2. The number of aliphatic hydroxyl groups is 5. The Kier molecular flexibility index (Phi) is 28.8. The number of aliphatic hydroxyl groups excluding tert-OH is 3. The average Bonchev–Trinajstić information content (AvgIpc) is 3.30. The highest BCUT2D eigenvalue weighted by molar-refractivity contribution is 7.80. The molecule has 18 nitrogen and oxygen atoms in total. The van der Waals surface area contributed by atoms with Gasteiger partial charge in [0.15, 0.2) is 12.6 Å². The quantitative estimate of drug-likeness (QED) is 0.0340. The van der Waals surface area contributed by atoms with E-state index in [4.69, 9.17) is 33.0 Å². The molecule has 3 saturated heterocycles. The minimum Gasteiger partial charge on any atom is -0.459 e. The lowest BCUT2D eigenvalue weighted by molar-refractivity contribution is -0.318. The Morgan fingerprint density at radius 1 is 0.736 bits per heavy atom. The number of unbranched alkanes of at least 4 members (excludes halogenated alkanes) is 13. The van der Waals surface area contributed by atoms with E-state index in [0.717, 1.165) is 12.8 Å². The molecule has 0 unspecified atom stereocenters. The lowest BCUT2D eigenvalue weighted by Crippen LogP contribution is -2.61. The van der Waals surface area contributed by atoms with Crippen LogP contribution in [0.2, 0.25) is 0 Å². The third-order valence-electron chi connectivity index (χ3n) is 15.6. The monoisotopic (exact) mass is 1060 g/mol. The maximum atomic E-state index is 14.1. The van der Waals surface area contributed by atoms with Crippen LogP contribution in [-0.2, 0) is 52.6 Å². The van der Waals surface area contributed by atoms with E-state index in [-0.39, 0.29) is 38.0 Å². The van der Waals surface area contributed by atoms with Crippen molar-refractivity contribution in [2.75, 3.05) is 27.8 Å². The van der Waals surface area contributed by atoms with Crippen LogP contribution in [-0.4, -0.2) is 167 Å². The van der Waals surface area contributed by atoms with Gasteiger partial charge in [0.25, 0.3) is 0 Å². The molecule has 0 aromatic rings. The molecule has 3 heterocycles. The van der Waals surface area contributed by atoms with Gasteiger partial charge in [0.2, 0.25) is 0 Å². The first kappa shape index (κ1) is 66.7. The molecular formula is C53H101NO17S. The summed E-state index contributed by atoms with van der Waals surface area (Å²) in [6.45, 7) is 18.7. The zero-order valence-electron chi connectivity index (χ0n) is 46.6. The number of hydrogen-bond donors (Lipinski definition) is 6. The summed E-state index contributed by atoms with van der Waals surface area (Å²) < 4.78 is 70.3. The fourth-order valence-electron chi connectivity index (χ4n) is 10.9. The first-order chi connectivity index (χ1) is 33.5. The van der Waals surface area contributed by atoms with Gasteiger partial charge in [-0.3, -0.25) is 14.1 Å². The van der Waals surface area contributed by atoms with Crippen molar-refractivity contribution in [2.45, 2.75) is 276 Å². The highest BCUT2D eigenvalue weighted by Crippen LogP contribution is 2.41. The van der Waals surface area contributed by atoms with Gasteiger partial charge in [-0.15, -0.1) is 0 Å². The Hall–Kier alpha value is -1.43. The molecule has 0 aliphatic carbocycles. The predicted molar refractivity (Wildman–Crippen MR) is 274 cm³/mol. The van der Waals surface area contributed by atoms with E-state index in [1.54, 1.807) is 41.5 Å². The molecule has 6 N–H and O–H groups in total. The predicted octanol–water partition coefficient (Wildman–Crippen LogP) is 7.07. The molecule has 0 spiro atoms. The molecule has 72 heavy (non-hydrogen) atoms. The summed E-state index contributed by atoms with van der Waals surface area (Å²) in [5.41, 5.74) is -4.84. The minimum absolute atomic E-state index is 0.0936. The average molecular weight is 1060 g/mol. The second-order valence-electron chi connectivity index (χ2n) is 22.3. The summed E-state index contributed by atoms with van der Waals surface area (Å²) in [5.74, 6) is -4.98. The molecule has 0 aromatic heterocycles. The molecule has 18 atom stereocenters. The summed E-state index contributed by atoms with van der Waals surface area (Å²) in [5, 5.41) is 57.6. The number of nitrogens with zero attached hydrogens (tertiary/aromatic N) is 1. The van der Waals surface area contributed by atoms with Crippen LogP contribution in [0.5, 0.6) is 0 Å². The van der Waals surface area contributed by atoms with E-state index in [2.05, 4.69) is 11.1 Å². The fraction of sp³-hybridized carbons (Fsp3) is 0.962. The number of rotatable bonds is 23. The molecule has 0 aromatic carbocycles. The van der Waals surface area contributed by atoms with E-state index in [1.807, 2.05) is 25.9 Å². The lowest BCUT2D eigenvalue weighted by Gasteiger charge is -2.49. The van der Waals surface area contributed by atoms with Crippen LogP contribution in [0, 0.1) is 23.7 Å². The molecule has 0 bridgehead atoms. The molecule has 0 saturated carbocycles. The molecule has 3 aliphatic rings. The number of Topliss-reactive ketones (excluding diaryl/α,β-unsaturated/α-hetero) is 1. The molecule has 0 amide bonds. The number of esters is 1. The van der Waals surface area contributed by atoms with E-state index >= 15 is 0 Å². The Morgan fingerprint density at radius 2 is 1.26 bits per heavy atom. The van der Waals surface area contributed by atoms with Gasteiger partial charge in [0.1, 0.15) is 29.7 Å². The topological polar surface area (TPSA) is 258 Å². The van der Waals surface area contributed by atoms with Crippen LogP contribution < -0.4 is 0 Å². The zero-order chi connectivity index (χ0) is 54.8. The van der Waals surface area contributed by atoms with Gasteiger partial charge < -0.3 is 58.9 Å². The first-order valence-corrected chi connectivity index (χ1v) is 28.5. The van der Waals surface area contributed by atoms with Crippen molar-refractivity contribution in [1.29, 1.82) is 0 Å². The van der Waals surface area contributed by atoms with Crippen molar-refractivity contribution >= 4 is 22.2 Å². The number of carbonyl (C=O) groups is 2. The van der Waals surface area contributed by atoms with E-state index < -0.39 is 118 Å². The van der Waals surface area contributed by atoms with Crippen molar-refractivity contribution in [1.82, 2.24) is 4.90 Å². The molecule has 3 rings (SSSR count). The van der Waals surface area contributed by atoms with Gasteiger partial charge in [-0.1, -0.05) is 118 Å². The smallest absolute Gasteiger partial charge is 0.397 e. The highest BCUT2D eigenvalue weighted by atomic mass is 32.3. The van der Waals surface area contributed by atoms with Gasteiger partial charge in [-0.25, -0.2) is 4.18 Å². The van der Waals surface area contributed by atoms with Gasteiger partial charge >= 0.3 is 16.4 Å². The van der Waals surface area contributed by atoms with Crippen molar-refractivity contribution < 1.29 is 80.7 Å². The van der Waals surface area contributed by atoms with Crippen LogP contribution in [0.15, 0.2) is 0 Å². The van der Waals surface area contributed by atoms with Crippen LogP contribution in [0.25, 0.3) is 0 Å². The molecule has 3 aliphatic heterocycles. The van der Waals surface area contributed by atoms with Crippen molar-refractivity contribution in [3.05, 3.63) is 0 Å². The summed E-state index contributed by atoms with van der Waals surface area (Å²) in [4.78, 5) is 29.8. The normalized spacial score (nSPS) is 38.7. The summed E-state index contributed by atoms with van der Waals surface area (Å²) >= 11 is 0. The van der Waals surface area contributed by atoms with Crippen LogP contribution in [0.4, 0.5) is 0 Å². The van der Waals surface area contributed by atoms with Crippen molar-refractivity contribution in [2.24, 2.45) is 23.7 Å². The number of ether oxygens (including phenoxy) is 6. The van der Waals surface area contributed by atoms with Gasteiger partial charge in [-0.2, -0.15) is 8.42 Å². The van der Waals surface area contributed by atoms with Gasteiger partial charge in [-0.05, 0) is 81.3 Å². The number of carbonyl (C=O) groups excluding carboxylic acids is 2. The summed E-state index contributed by atoms with van der Waals surface area (Å²) in [6, 6.07) is -0.324. The van der Waals surface area contributed by atoms with Crippen LogP contribution >= 0.6 is 0 Å². The number of hydrogen-bond acceptors (Lipinski definition) is 17. The Balaban J connectivity index is 0.000000710. The Morgan fingerprint density at radius 3 is 1.75 bits per heavy atom. The molecule has 3 fully saturated rings. The largest absolute Gasteiger partial charge is 0.459 e. The van der Waals surface area contributed by atoms with Crippen molar-refractivity contribution in [3.8, 4) is 0 Å². The third kappa shape index (κ3) is 20.5.